The van der Waals surface area contributed by atoms with Crippen molar-refractivity contribution in [1.82, 2.24) is 14.7 Å². The van der Waals surface area contributed by atoms with Crippen molar-refractivity contribution in [3.8, 4) is 0 Å². The molecule has 0 radical (unpaired) electrons. The van der Waals surface area contributed by atoms with E-state index >= 15 is 0 Å². The molecule has 1 atom stereocenters. The van der Waals surface area contributed by atoms with E-state index in [4.69, 9.17) is 23.2 Å². The molecular formula is C16H13Cl2F2N3O2. The van der Waals surface area contributed by atoms with Gasteiger partial charge in [0.2, 0.25) is 0 Å². The van der Waals surface area contributed by atoms with E-state index in [1.807, 2.05) is 0 Å². The van der Waals surface area contributed by atoms with Crippen LogP contribution in [0.25, 0.3) is 0 Å². The highest BCUT2D eigenvalue weighted by molar-refractivity contribution is 6.42. The Morgan fingerprint density at radius 1 is 1.36 bits per heavy atom. The van der Waals surface area contributed by atoms with E-state index in [0.717, 1.165) is 4.90 Å². The van der Waals surface area contributed by atoms with Crippen molar-refractivity contribution < 1.29 is 18.4 Å². The van der Waals surface area contributed by atoms with Crippen LogP contribution in [0.5, 0.6) is 0 Å². The van der Waals surface area contributed by atoms with Crippen molar-refractivity contribution in [2.45, 2.75) is 25.4 Å². The second kappa shape index (κ2) is 6.72. The Morgan fingerprint density at radius 3 is 2.68 bits per heavy atom. The maximum absolute atomic E-state index is 13.5. The number of nitrogens with zero attached hydrogens (tertiary/aromatic N) is 3. The normalized spacial score (nSPS) is 16.9. The Morgan fingerprint density at radius 2 is 2.08 bits per heavy atom. The maximum Gasteiger partial charge on any atom is 0.259 e. The van der Waals surface area contributed by atoms with Gasteiger partial charge in [-0.05, 0) is 18.2 Å². The van der Waals surface area contributed by atoms with Gasteiger partial charge in [0, 0.05) is 24.6 Å². The summed E-state index contributed by atoms with van der Waals surface area (Å²) in [6, 6.07) is 2.88. The Labute approximate surface area is 152 Å². The fourth-order valence-corrected chi connectivity index (χ4v) is 3.26. The van der Waals surface area contributed by atoms with Crippen molar-refractivity contribution in [2.75, 3.05) is 0 Å². The van der Waals surface area contributed by atoms with Crippen LogP contribution in [-0.4, -0.2) is 39.3 Å². The van der Waals surface area contributed by atoms with Gasteiger partial charge in [0.15, 0.2) is 6.29 Å². The topological polar surface area (TPSA) is 55.2 Å². The number of carbonyl (C=O) groups excluding carboxylic acids is 2. The van der Waals surface area contributed by atoms with Crippen molar-refractivity contribution in [2.24, 2.45) is 7.05 Å². The molecule has 0 spiro atoms. The summed E-state index contributed by atoms with van der Waals surface area (Å²) in [6.45, 7) is -0.120. The number of rotatable bonds is 3. The average molecular weight is 388 g/mol. The smallest absolute Gasteiger partial charge is 0.259 e. The predicted molar refractivity (Wildman–Crippen MR) is 88.4 cm³/mol. The van der Waals surface area contributed by atoms with Gasteiger partial charge in [-0.2, -0.15) is 5.10 Å². The number of hydrogen-bond acceptors (Lipinski definition) is 3. The molecule has 2 aromatic rings. The summed E-state index contributed by atoms with van der Waals surface area (Å²) >= 11 is 11.8. The summed E-state index contributed by atoms with van der Waals surface area (Å²) in [4.78, 5) is 25.1. The molecular weight excluding hydrogens is 375 g/mol. The highest BCUT2D eigenvalue weighted by Crippen LogP contribution is 2.30. The average Bonchev–Trinajstić information content (AvgIpc) is 2.89. The first kappa shape index (κ1) is 17.8. The van der Waals surface area contributed by atoms with Gasteiger partial charge in [-0.15, -0.1) is 0 Å². The number of halogens is 4. The molecule has 2 heterocycles. The molecule has 1 aromatic heterocycles. The van der Waals surface area contributed by atoms with Crippen LogP contribution in [0.15, 0.2) is 18.2 Å². The second-order valence-electron chi connectivity index (χ2n) is 5.72. The lowest BCUT2D eigenvalue weighted by Gasteiger charge is -2.34. The Kier molecular flexibility index (Phi) is 4.79. The van der Waals surface area contributed by atoms with E-state index in [-0.39, 0.29) is 34.3 Å². The van der Waals surface area contributed by atoms with Crippen LogP contribution in [0.2, 0.25) is 10.0 Å². The molecule has 0 bridgehead atoms. The van der Waals surface area contributed by atoms with Crippen molar-refractivity contribution >= 4 is 35.4 Å². The van der Waals surface area contributed by atoms with Gasteiger partial charge in [0.05, 0.1) is 28.3 Å². The summed E-state index contributed by atoms with van der Waals surface area (Å²) in [5, 5.41) is 4.55. The van der Waals surface area contributed by atoms with Gasteiger partial charge in [0.25, 0.3) is 12.3 Å². The molecule has 1 aromatic carbocycles. The number of aldehydes is 1. The molecule has 0 saturated heterocycles. The fourth-order valence-electron chi connectivity index (χ4n) is 2.96. The van der Waals surface area contributed by atoms with Gasteiger partial charge in [-0.1, -0.05) is 23.2 Å². The standard InChI is InChI=1S/C16H13Cl2F2N3O2/c1-22-14(7-24)9-6-23(13(15(19)20)5-12(9)21-22)16(25)8-2-3-10(17)11(18)4-8/h2-4,7,13,15H,5-6H2,1H3. The monoisotopic (exact) mass is 387 g/mol. The third kappa shape index (κ3) is 3.14. The number of alkyl halides is 2. The van der Waals surface area contributed by atoms with Crippen molar-refractivity contribution in [3.63, 3.8) is 0 Å². The van der Waals surface area contributed by atoms with E-state index in [1.54, 1.807) is 7.05 Å². The second-order valence-corrected chi connectivity index (χ2v) is 6.53. The molecule has 5 nitrogen and oxygen atoms in total. The molecule has 0 saturated carbocycles. The van der Waals surface area contributed by atoms with Gasteiger partial charge >= 0.3 is 0 Å². The summed E-state index contributed by atoms with van der Waals surface area (Å²) in [5.74, 6) is -0.602. The molecule has 1 aliphatic rings. The van der Waals surface area contributed by atoms with Gasteiger partial charge in [-0.25, -0.2) is 8.78 Å². The molecule has 3 rings (SSSR count). The minimum atomic E-state index is -2.75. The molecule has 132 valence electrons. The van der Waals surface area contributed by atoms with E-state index < -0.39 is 18.4 Å². The summed E-state index contributed by atoms with van der Waals surface area (Å²) in [5.41, 5.74) is 1.32. The number of fused-ring (bicyclic) bond motifs is 1. The molecule has 1 unspecified atom stereocenters. The minimum Gasteiger partial charge on any atom is -0.325 e. The van der Waals surface area contributed by atoms with E-state index in [9.17, 15) is 18.4 Å². The predicted octanol–water partition coefficient (Wildman–Crippen LogP) is 3.37. The number of benzene rings is 1. The summed E-state index contributed by atoms with van der Waals surface area (Å²) < 4.78 is 28.4. The van der Waals surface area contributed by atoms with Gasteiger partial charge in [-0.3, -0.25) is 14.3 Å². The first-order valence-electron chi connectivity index (χ1n) is 7.37. The molecule has 9 heteroatoms. The molecule has 0 N–H and O–H groups in total. The number of amides is 1. The molecule has 0 aliphatic carbocycles. The summed E-state index contributed by atoms with van der Waals surface area (Å²) in [6.07, 6.45) is -2.26. The van der Waals surface area contributed by atoms with Crippen molar-refractivity contribution in [1.29, 1.82) is 0 Å². The van der Waals surface area contributed by atoms with Crippen LogP contribution >= 0.6 is 23.2 Å². The van der Waals surface area contributed by atoms with Gasteiger partial charge in [0.1, 0.15) is 5.69 Å². The van der Waals surface area contributed by atoms with E-state index in [0.29, 0.717) is 17.5 Å². The van der Waals surface area contributed by atoms with Crippen LogP contribution in [0.1, 0.15) is 32.1 Å². The minimum absolute atomic E-state index is 0.120. The number of aryl methyl sites for hydroxylation is 1. The van der Waals surface area contributed by atoms with Gasteiger partial charge < -0.3 is 4.90 Å². The number of aromatic nitrogens is 2. The SMILES string of the molecule is Cn1nc2c(c1C=O)CN(C(=O)c1ccc(Cl)c(Cl)c1)C(C(F)F)C2. The Hall–Kier alpha value is -1.99. The first-order chi connectivity index (χ1) is 11.8. The zero-order valence-corrected chi connectivity index (χ0v) is 14.6. The molecule has 1 amide bonds. The quantitative estimate of drug-likeness (QED) is 0.758. The molecule has 0 fully saturated rings. The fraction of sp³-hybridized carbons (Fsp3) is 0.312. The van der Waals surface area contributed by atoms with Crippen LogP contribution in [0.3, 0.4) is 0 Å². The number of carbonyl (C=O) groups is 2. The van der Waals surface area contributed by atoms with E-state index in [2.05, 4.69) is 5.10 Å². The third-order valence-electron chi connectivity index (χ3n) is 4.24. The van der Waals surface area contributed by atoms with Crippen LogP contribution in [0, 0.1) is 0 Å². The zero-order chi connectivity index (χ0) is 18.3. The van der Waals surface area contributed by atoms with E-state index in [1.165, 1.54) is 22.9 Å². The zero-order valence-electron chi connectivity index (χ0n) is 13.0. The van der Waals surface area contributed by atoms with Crippen LogP contribution in [-0.2, 0) is 20.0 Å². The van der Waals surface area contributed by atoms with Crippen LogP contribution < -0.4 is 0 Å². The first-order valence-corrected chi connectivity index (χ1v) is 8.13. The highest BCUT2D eigenvalue weighted by Gasteiger charge is 2.38. The van der Waals surface area contributed by atoms with Crippen molar-refractivity contribution in [3.05, 3.63) is 50.8 Å². The maximum atomic E-state index is 13.5. The summed E-state index contributed by atoms with van der Waals surface area (Å²) in [7, 11) is 1.56. The largest absolute Gasteiger partial charge is 0.325 e. The Bertz CT molecular complexity index is 854. The number of hydrogen-bond donors (Lipinski definition) is 0. The lowest BCUT2D eigenvalue weighted by molar-refractivity contribution is 0.0137. The highest BCUT2D eigenvalue weighted by atomic mass is 35.5. The third-order valence-corrected chi connectivity index (χ3v) is 4.98. The lowest BCUT2D eigenvalue weighted by atomic mass is 9.97. The molecule has 25 heavy (non-hydrogen) atoms. The lowest BCUT2D eigenvalue weighted by Crippen LogP contribution is -2.48. The Balaban J connectivity index is 2.01. The molecule has 1 aliphatic heterocycles. The van der Waals surface area contributed by atoms with Crippen LogP contribution in [0.4, 0.5) is 8.78 Å².